The van der Waals surface area contributed by atoms with E-state index in [0.29, 0.717) is 6.04 Å². The molecular formula is C14H25N3. The molecule has 96 valence electrons. The van der Waals surface area contributed by atoms with Crippen molar-refractivity contribution in [3.63, 3.8) is 0 Å². The number of aryl methyl sites for hydroxylation is 1. The Hall–Kier alpha value is -1.09. The summed E-state index contributed by atoms with van der Waals surface area (Å²) in [6, 6.07) is 4.80. The summed E-state index contributed by atoms with van der Waals surface area (Å²) >= 11 is 0. The zero-order valence-corrected chi connectivity index (χ0v) is 11.7. The molecule has 0 radical (unpaired) electrons. The molecule has 0 saturated heterocycles. The van der Waals surface area contributed by atoms with Crippen molar-refractivity contribution >= 4 is 5.82 Å². The Morgan fingerprint density at radius 3 is 2.65 bits per heavy atom. The number of aromatic nitrogens is 1. The minimum absolute atomic E-state index is 0.473. The van der Waals surface area contributed by atoms with Crippen molar-refractivity contribution in [3.05, 3.63) is 23.4 Å². The largest absolute Gasteiger partial charge is 0.357 e. The topological polar surface area (TPSA) is 28.2 Å². The summed E-state index contributed by atoms with van der Waals surface area (Å²) < 4.78 is 0. The molecule has 0 spiro atoms. The van der Waals surface area contributed by atoms with Crippen LogP contribution in [0.15, 0.2) is 12.1 Å². The Balaban J connectivity index is 2.79. The van der Waals surface area contributed by atoms with E-state index in [4.69, 9.17) is 0 Å². The molecule has 0 aliphatic heterocycles. The van der Waals surface area contributed by atoms with Crippen molar-refractivity contribution in [3.8, 4) is 0 Å². The average molecular weight is 235 g/mol. The molecule has 0 aliphatic rings. The van der Waals surface area contributed by atoms with Gasteiger partial charge in [-0.05, 0) is 51.4 Å². The van der Waals surface area contributed by atoms with E-state index in [1.807, 2.05) is 0 Å². The lowest BCUT2D eigenvalue weighted by Gasteiger charge is -2.23. The molecule has 0 unspecified atom stereocenters. The highest BCUT2D eigenvalue weighted by molar-refractivity contribution is 5.42. The van der Waals surface area contributed by atoms with E-state index >= 15 is 0 Å². The standard InChI is InChI=1S/C14H25N3/c1-6-7-15-10-13-8-12(4)16-14(9-13)17(5)11(2)3/h8-9,11,15H,6-7,10H2,1-5H3. The lowest BCUT2D eigenvalue weighted by Crippen LogP contribution is -2.27. The first-order valence-electron chi connectivity index (χ1n) is 6.45. The van der Waals surface area contributed by atoms with Gasteiger partial charge < -0.3 is 10.2 Å². The van der Waals surface area contributed by atoms with Crippen molar-refractivity contribution in [1.29, 1.82) is 0 Å². The highest BCUT2D eigenvalue weighted by Gasteiger charge is 2.08. The summed E-state index contributed by atoms with van der Waals surface area (Å²) in [4.78, 5) is 6.79. The first-order chi connectivity index (χ1) is 8.04. The van der Waals surface area contributed by atoms with Crippen LogP contribution in [0.3, 0.4) is 0 Å². The van der Waals surface area contributed by atoms with Crippen LogP contribution in [-0.2, 0) is 6.54 Å². The quantitative estimate of drug-likeness (QED) is 0.768. The zero-order chi connectivity index (χ0) is 12.8. The number of nitrogens with zero attached hydrogens (tertiary/aromatic N) is 2. The van der Waals surface area contributed by atoms with Gasteiger partial charge in [0.25, 0.3) is 0 Å². The van der Waals surface area contributed by atoms with Crippen molar-refractivity contribution in [1.82, 2.24) is 10.3 Å². The van der Waals surface area contributed by atoms with E-state index in [2.05, 4.69) is 62.1 Å². The predicted molar refractivity (Wildman–Crippen MR) is 74.5 cm³/mol. The van der Waals surface area contributed by atoms with E-state index < -0.39 is 0 Å². The average Bonchev–Trinajstić information content (AvgIpc) is 2.27. The van der Waals surface area contributed by atoms with E-state index in [9.17, 15) is 0 Å². The number of nitrogens with one attached hydrogen (secondary N) is 1. The van der Waals surface area contributed by atoms with Crippen LogP contribution in [-0.4, -0.2) is 24.6 Å². The summed E-state index contributed by atoms with van der Waals surface area (Å²) in [6.45, 7) is 10.6. The third-order valence-corrected chi connectivity index (χ3v) is 2.89. The molecule has 0 fully saturated rings. The Labute approximate surface area is 105 Å². The van der Waals surface area contributed by atoms with Gasteiger partial charge in [-0.25, -0.2) is 4.98 Å². The van der Waals surface area contributed by atoms with Gasteiger partial charge in [-0.1, -0.05) is 6.92 Å². The minimum atomic E-state index is 0.473. The number of anilines is 1. The fourth-order valence-corrected chi connectivity index (χ4v) is 1.68. The van der Waals surface area contributed by atoms with Crippen molar-refractivity contribution in [2.24, 2.45) is 0 Å². The second-order valence-electron chi connectivity index (χ2n) is 4.86. The highest BCUT2D eigenvalue weighted by atomic mass is 15.2. The van der Waals surface area contributed by atoms with Crippen molar-refractivity contribution < 1.29 is 0 Å². The molecule has 0 saturated carbocycles. The van der Waals surface area contributed by atoms with E-state index in [1.54, 1.807) is 0 Å². The molecule has 1 N–H and O–H groups in total. The number of pyridine rings is 1. The molecule has 1 heterocycles. The monoisotopic (exact) mass is 235 g/mol. The maximum Gasteiger partial charge on any atom is 0.129 e. The SMILES string of the molecule is CCCNCc1cc(C)nc(N(C)C(C)C)c1. The minimum Gasteiger partial charge on any atom is -0.357 e. The third kappa shape index (κ3) is 4.35. The number of rotatable bonds is 6. The van der Waals surface area contributed by atoms with Gasteiger partial charge in [-0.3, -0.25) is 0 Å². The smallest absolute Gasteiger partial charge is 0.129 e. The van der Waals surface area contributed by atoms with Gasteiger partial charge in [0.05, 0.1) is 0 Å². The maximum absolute atomic E-state index is 4.58. The van der Waals surface area contributed by atoms with Crippen LogP contribution < -0.4 is 10.2 Å². The van der Waals surface area contributed by atoms with Gasteiger partial charge in [0, 0.05) is 25.3 Å². The Bertz CT molecular complexity index is 347. The van der Waals surface area contributed by atoms with Crippen LogP contribution in [0.5, 0.6) is 0 Å². The normalized spacial score (nSPS) is 10.9. The summed E-state index contributed by atoms with van der Waals surface area (Å²) in [6.07, 6.45) is 1.17. The van der Waals surface area contributed by atoms with Crippen LogP contribution in [0.4, 0.5) is 5.82 Å². The van der Waals surface area contributed by atoms with Gasteiger partial charge in [0.15, 0.2) is 0 Å². The van der Waals surface area contributed by atoms with Crippen molar-refractivity contribution in [2.45, 2.75) is 46.7 Å². The Morgan fingerprint density at radius 1 is 1.35 bits per heavy atom. The van der Waals surface area contributed by atoms with Gasteiger partial charge in [0.2, 0.25) is 0 Å². The highest BCUT2D eigenvalue weighted by Crippen LogP contribution is 2.15. The molecule has 3 heteroatoms. The second-order valence-corrected chi connectivity index (χ2v) is 4.86. The summed E-state index contributed by atoms with van der Waals surface area (Å²) in [5.74, 6) is 1.06. The lowest BCUT2D eigenvalue weighted by molar-refractivity contribution is 0.672. The molecule has 0 amide bonds. The van der Waals surface area contributed by atoms with Crippen LogP contribution >= 0.6 is 0 Å². The molecule has 1 aromatic heterocycles. The second kappa shape index (κ2) is 6.60. The predicted octanol–water partition coefficient (Wildman–Crippen LogP) is 2.73. The molecule has 1 rings (SSSR count). The third-order valence-electron chi connectivity index (χ3n) is 2.89. The van der Waals surface area contributed by atoms with Crippen molar-refractivity contribution in [2.75, 3.05) is 18.5 Å². The number of hydrogen-bond acceptors (Lipinski definition) is 3. The fraction of sp³-hybridized carbons (Fsp3) is 0.643. The van der Waals surface area contributed by atoms with E-state index in [1.165, 1.54) is 12.0 Å². The van der Waals surface area contributed by atoms with Gasteiger partial charge in [-0.2, -0.15) is 0 Å². The molecule has 17 heavy (non-hydrogen) atoms. The summed E-state index contributed by atoms with van der Waals surface area (Å²) in [5.41, 5.74) is 2.40. The van der Waals surface area contributed by atoms with Crippen LogP contribution in [0.1, 0.15) is 38.4 Å². The molecule has 0 bridgehead atoms. The lowest BCUT2D eigenvalue weighted by atomic mass is 10.2. The first kappa shape index (κ1) is 14.0. The molecule has 1 aromatic rings. The van der Waals surface area contributed by atoms with Gasteiger partial charge in [0.1, 0.15) is 5.82 Å². The Morgan fingerprint density at radius 2 is 2.06 bits per heavy atom. The molecular weight excluding hydrogens is 210 g/mol. The zero-order valence-electron chi connectivity index (χ0n) is 11.7. The summed E-state index contributed by atoms with van der Waals surface area (Å²) in [5, 5.41) is 3.43. The fourth-order valence-electron chi connectivity index (χ4n) is 1.68. The molecule has 3 nitrogen and oxygen atoms in total. The van der Waals surface area contributed by atoms with E-state index in [0.717, 1.165) is 24.6 Å². The van der Waals surface area contributed by atoms with Crippen LogP contribution in [0.2, 0.25) is 0 Å². The molecule has 0 atom stereocenters. The van der Waals surface area contributed by atoms with Gasteiger partial charge in [-0.15, -0.1) is 0 Å². The van der Waals surface area contributed by atoms with Gasteiger partial charge >= 0.3 is 0 Å². The number of hydrogen-bond donors (Lipinski definition) is 1. The van der Waals surface area contributed by atoms with E-state index in [-0.39, 0.29) is 0 Å². The molecule has 0 aliphatic carbocycles. The van der Waals surface area contributed by atoms with Crippen LogP contribution in [0.25, 0.3) is 0 Å². The first-order valence-corrected chi connectivity index (χ1v) is 6.45. The maximum atomic E-state index is 4.58. The summed E-state index contributed by atoms with van der Waals surface area (Å²) in [7, 11) is 2.09. The molecule has 0 aromatic carbocycles. The van der Waals surface area contributed by atoms with Crippen LogP contribution in [0, 0.1) is 6.92 Å². The Kier molecular flexibility index (Phi) is 5.42.